The zero-order valence-corrected chi connectivity index (χ0v) is 12.7. The lowest BCUT2D eigenvalue weighted by Gasteiger charge is -2.13. The van der Waals surface area contributed by atoms with Crippen LogP contribution in [0.1, 0.15) is 53.1 Å². The number of rotatable bonds is 4. The third-order valence-corrected chi connectivity index (χ3v) is 4.15. The number of nitrogens with zero attached hydrogens (tertiary/aromatic N) is 2. The lowest BCUT2D eigenvalue weighted by atomic mass is 9.98. The van der Waals surface area contributed by atoms with Crippen molar-refractivity contribution >= 4 is 11.5 Å². The molecule has 0 aliphatic heterocycles. The molecular formula is C15H20N2OS. The second kappa shape index (κ2) is 5.80. The molecule has 1 heterocycles. The van der Waals surface area contributed by atoms with E-state index >= 15 is 0 Å². The number of benzene rings is 1. The van der Waals surface area contributed by atoms with Crippen molar-refractivity contribution in [3.05, 3.63) is 45.5 Å². The Bertz CT molecular complexity index is 563. The summed E-state index contributed by atoms with van der Waals surface area (Å²) in [5.41, 5.74) is 4.55. The smallest absolute Gasteiger partial charge is 0.0957 e. The van der Waals surface area contributed by atoms with Crippen LogP contribution in [0, 0.1) is 13.8 Å². The van der Waals surface area contributed by atoms with Gasteiger partial charge in [-0.15, -0.1) is 5.10 Å². The second-order valence-corrected chi connectivity index (χ2v) is 6.11. The van der Waals surface area contributed by atoms with Crippen molar-refractivity contribution in [2.24, 2.45) is 0 Å². The van der Waals surface area contributed by atoms with Gasteiger partial charge >= 0.3 is 0 Å². The van der Waals surface area contributed by atoms with Crippen LogP contribution < -0.4 is 0 Å². The fourth-order valence-electron chi connectivity index (χ4n) is 2.16. The third kappa shape index (κ3) is 3.19. The Balaban J connectivity index is 2.23. The molecule has 1 aromatic heterocycles. The summed E-state index contributed by atoms with van der Waals surface area (Å²) >= 11 is 1.30. The van der Waals surface area contributed by atoms with E-state index < -0.39 is 6.10 Å². The van der Waals surface area contributed by atoms with Gasteiger partial charge in [0.05, 0.1) is 16.7 Å². The summed E-state index contributed by atoms with van der Waals surface area (Å²) in [6, 6.07) is 6.34. The van der Waals surface area contributed by atoms with Gasteiger partial charge in [-0.2, -0.15) is 0 Å². The van der Waals surface area contributed by atoms with E-state index in [4.69, 9.17) is 0 Å². The maximum atomic E-state index is 10.4. The van der Waals surface area contributed by atoms with Gasteiger partial charge in [0.25, 0.3) is 0 Å². The summed E-state index contributed by atoms with van der Waals surface area (Å²) in [7, 11) is 0. The SMILES string of the molecule is Cc1ccc(C)c(CC(O)c2snnc2C(C)C)c1. The Kier molecular flexibility index (Phi) is 4.32. The Morgan fingerprint density at radius 3 is 2.68 bits per heavy atom. The van der Waals surface area contributed by atoms with Gasteiger partial charge in [0.1, 0.15) is 0 Å². The Morgan fingerprint density at radius 2 is 2.00 bits per heavy atom. The van der Waals surface area contributed by atoms with Crippen molar-refractivity contribution in [1.29, 1.82) is 0 Å². The summed E-state index contributed by atoms with van der Waals surface area (Å²) in [6.45, 7) is 8.30. The molecule has 19 heavy (non-hydrogen) atoms. The van der Waals surface area contributed by atoms with Crippen molar-refractivity contribution in [3.8, 4) is 0 Å². The molecule has 4 heteroatoms. The predicted molar refractivity (Wildman–Crippen MR) is 78.6 cm³/mol. The standard InChI is InChI=1S/C15H20N2OS/c1-9(2)14-15(19-17-16-14)13(18)8-12-7-10(3)5-6-11(12)4/h5-7,9,13,18H,8H2,1-4H3. The van der Waals surface area contributed by atoms with Crippen LogP contribution in [0.25, 0.3) is 0 Å². The van der Waals surface area contributed by atoms with E-state index in [0.29, 0.717) is 12.3 Å². The topological polar surface area (TPSA) is 46.0 Å². The Morgan fingerprint density at radius 1 is 1.26 bits per heavy atom. The highest BCUT2D eigenvalue weighted by Crippen LogP contribution is 2.29. The molecule has 2 aromatic rings. The molecule has 0 radical (unpaired) electrons. The van der Waals surface area contributed by atoms with Crippen LogP contribution in [0.4, 0.5) is 0 Å². The van der Waals surface area contributed by atoms with Crippen molar-refractivity contribution in [1.82, 2.24) is 9.59 Å². The summed E-state index contributed by atoms with van der Waals surface area (Å²) in [4.78, 5) is 0.899. The quantitative estimate of drug-likeness (QED) is 0.928. The van der Waals surface area contributed by atoms with Gasteiger partial charge in [-0.3, -0.25) is 0 Å². The molecule has 0 saturated heterocycles. The maximum absolute atomic E-state index is 10.4. The lowest BCUT2D eigenvalue weighted by molar-refractivity contribution is 0.180. The second-order valence-electron chi connectivity index (χ2n) is 5.33. The maximum Gasteiger partial charge on any atom is 0.0957 e. The summed E-state index contributed by atoms with van der Waals surface area (Å²) < 4.78 is 3.98. The first-order valence-electron chi connectivity index (χ1n) is 6.55. The molecule has 0 saturated carbocycles. The normalized spacial score (nSPS) is 12.9. The molecule has 0 bridgehead atoms. The van der Waals surface area contributed by atoms with Gasteiger partial charge in [-0.05, 0) is 42.4 Å². The number of aryl methyl sites for hydroxylation is 2. The number of hydrogen-bond acceptors (Lipinski definition) is 4. The van der Waals surface area contributed by atoms with Crippen LogP contribution in [-0.2, 0) is 6.42 Å². The van der Waals surface area contributed by atoms with Crippen molar-refractivity contribution in [3.63, 3.8) is 0 Å². The van der Waals surface area contributed by atoms with Crippen molar-refractivity contribution in [2.45, 2.75) is 46.1 Å². The molecule has 0 fully saturated rings. The van der Waals surface area contributed by atoms with Crippen LogP contribution in [0.5, 0.6) is 0 Å². The van der Waals surface area contributed by atoms with Crippen molar-refractivity contribution in [2.75, 3.05) is 0 Å². The fourth-order valence-corrected chi connectivity index (χ4v) is 2.95. The first-order valence-corrected chi connectivity index (χ1v) is 7.32. The molecule has 102 valence electrons. The molecule has 1 aromatic carbocycles. The first-order chi connectivity index (χ1) is 8.99. The summed E-state index contributed by atoms with van der Waals surface area (Å²) in [5.74, 6) is 0.294. The van der Waals surface area contributed by atoms with Crippen LogP contribution in [0.2, 0.25) is 0 Å². The van der Waals surface area contributed by atoms with E-state index in [1.165, 1.54) is 28.2 Å². The predicted octanol–water partition coefficient (Wildman–Crippen LogP) is 3.55. The minimum absolute atomic E-state index is 0.294. The van der Waals surface area contributed by atoms with E-state index in [1.54, 1.807) is 0 Å². The zero-order valence-electron chi connectivity index (χ0n) is 11.8. The summed E-state index contributed by atoms with van der Waals surface area (Å²) in [6.07, 6.45) is 0.106. The molecule has 2 rings (SSSR count). The molecule has 0 aliphatic rings. The van der Waals surface area contributed by atoms with Crippen molar-refractivity contribution < 1.29 is 5.11 Å². The molecular weight excluding hydrogens is 256 g/mol. The van der Waals surface area contributed by atoms with Gasteiger partial charge in [0.2, 0.25) is 0 Å². The Hall–Kier alpha value is -1.26. The Labute approximate surface area is 118 Å². The average molecular weight is 276 g/mol. The molecule has 1 N–H and O–H groups in total. The number of hydrogen-bond donors (Lipinski definition) is 1. The minimum Gasteiger partial charge on any atom is -0.387 e. The largest absolute Gasteiger partial charge is 0.387 e. The molecule has 1 unspecified atom stereocenters. The highest BCUT2D eigenvalue weighted by atomic mass is 32.1. The molecule has 3 nitrogen and oxygen atoms in total. The monoisotopic (exact) mass is 276 g/mol. The molecule has 0 amide bonds. The van der Waals surface area contributed by atoms with Gasteiger partial charge in [0.15, 0.2) is 0 Å². The lowest BCUT2D eigenvalue weighted by Crippen LogP contribution is -2.05. The highest BCUT2D eigenvalue weighted by Gasteiger charge is 2.20. The van der Waals surface area contributed by atoms with Gasteiger partial charge in [-0.1, -0.05) is 42.1 Å². The third-order valence-electron chi connectivity index (χ3n) is 3.31. The van der Waals surface area contributed by atoms with Crippen LogP contribution in [-0.4, -0.2) is 14.7 Å². The summed E-state index contributed by atoms with van der Waals surface area (Å²) in [5, 5.41) is 14.6. The number of aromatic nitrogens is 2. The van der Waals surface area contributed by atoms with E-state index in [9.17, 15) is 5.11 Å². The minimum atomic E-state index is -0.516. The molecule has 0 aliphatic carbocycles. The van der Waals surface area contributed by atoms with Crippen LogP contribution in [0.15, 0.2) is 18.2 Å². The van der Waals surface area contributed by atoms with Gasteiger partial charge in [-0.25, -0.2) is 0 Å². The number of aliphatic hydroxyl groups is 1. The first kappa shape index (κ1) is 14.2. The van der Waals surface area contributed by atoms with Gasteiger partial charge in [0, 0.05) is 6.42 Å². The van der Waals surface area contributed by atoms with Crippen LogP contribution >= 0.6 is 11.5 Å². The van der Waals surface area contributed by atoms with Crippen LogP contribution in [0.3, 0.4) is 0 Å². The number of aliphatic hydroxyl groups excluding tert-OH is 1. The average Bonchev–Trinajstić information content (AvgIpc) is 2.83. The van der Waals surface area contributed by atoms with E-state index in [-0.39, 0.29) is 0 Å². The fraction of sp³-hybridized carbons (Fsp3) is 0.467. The van der Waals surface area contributed by atoms with E-state index in [2.05, 4.69) is 55.5 Å². The molecule has 1 atom stereocenters. The molecule has 0 spiro atoms. The van der Waals surface area contributed by atoms with E-state index in [1.807, 2.05) is 0 Å². The zero-order chi connectivity index (χ0) is 14.0. The van der Waals surface area contributed by atoms with E-state index in [0.717, 1.165) is 10.6 Å². The highest BCUT2D eigenvalue weighted by molar-refractivity contribution is 7.05. The van der Waals surface area contributed by atoms with Gasteiger partial charge < -0.3 is 5.11 Å².